The van der Waals surface area contributed by atoms with E-state index in [4.69, 9.17) is 5.73 Å². The molecule has 5 heteroatoms. The number of sulfone groups is 1. The van der Waals surface area contributed by atoms with E-state index in [2.05, 4.69) is 0 Å². The topological polar surface area (TPSA) is 60.2 Å². The molecule has 1 aliphatic carbocycles. The first kappa shape index (κ1) is 13.3. The van der Waals surface area contributed by atoms with Crippen molar-refractivity contribution in [2.24, 2.45) is 5.73 Å². The number of rotatable bonds is 4. The van der Waals surface area contributed by atoms with E-state index in [-0.39, 0.29) is 11.3 Å². The fraction of sp³-hybridized carbons (Fsp3) is 1.00. The monoisotopic (exact) mass is 251 g/mol. The Balaban J connectivity index is 2.43. The molecule has 1 fully saturated rings. The minimum absolute atomic E-state index is 0.114. The molecule has 1 rings (SSSR count). The van der Waals surface area contributed by atoms with Crippen molar-refractivity contribution < 1.29 is 8.42 Å². The number of nitrogens with two attached hydrogens (primary N) is 1. The number of hydrogen-bond donors (Lipinski definition) is 1. The van der Waals surface area contributed by atoms with E-state index in [0.717, 1.165) is 31.4 Å². The van der Waals surface area contributed by atoms with Crippen LogP contribution in [-0.2, 0) is 9.84 Å². The van der Waals surface area contributed by atoms with Crippen LogP contribution in [0.5, 0.6) is 0 Å². The van der Waals surface area contributed by atoms with Gasteiger partial charge in [0.1, 0.15) is 9.84 Å². The van der Waals surface area contributed by atoms with Crippen LogP contribution in [0.1, 0.15) is 32.6 Å². The Bertz CT molecular complexity index is 288. The molecule has 0 radical (unpaired) electrons. The van der Waals surface area contributed by atoms with E-state index in [1.807, 2.05) is 18.7 Å². The Morgan fingerprint density at radius 1 is 1.47 bits per heavy atom. The smallest absolute Gasteiger partial charge is 0.150 e. The van der Waals surface area contributed by atoms with Gasteiger partial charge in [-0.1, -0.05) is 6.42 Å². The normalized spacial score (nSPS) is 30.1. The molecule has 2 N–H and O–H groups in total. The lowest BCUT2D eigenvalue weighted by molar-refractivity contribution is 0.495. The van der Waals surface area contributed by atoms with Gasteiger partial charge >= 0.3 is 0 Å². The van der Waals surface area contributed by atoms with E-state index >= 15 is 0 Å². The van der Waals surface area contributed by atoms with Crippen LogP contribution in [0.15, 0.2) is 0 Å². The van der Waals surface area contributed by atoms with Crippen molar-refractivity contribution in [1.82, 2.24) is 0 Å². The highest BCUT2D eigenvalue weighted by Crippen LogP contribution is 2.31. The second-order valence-corrected chi connectivity index (χ2v) is 8.21. The molecule has 90 valence electrons. The maximum atomic E-state index is 11.4. The zero-order valence-corrected chi connectivity index (χ0v) is 11.1. The zero-order valence-electron chi connectivity index (χ0n) is 9.48. The maximum absolute atomic E-state index is 11.4. The van der Waals surface area contributed by atoms with Crippen molar-refractivity contribution in [3.8, 4) is 0 Å². The van der Waals surface area contributed by atoms with Crippen molar-refractivity contribution in [2.45, 2.75) is 49.1 Å². The summed E-state index contributed by atoms with van der Waals surface area (Å²) in [6, 6.07) is 0.202. The predicted octanol–water partition coefficient (Wildman–Crippen LogP) is 1.42. The minimum atomic E-state index is -2.84. The number of hydrogen-bond acceptors (Lipinski definition) is 4. The van der Waals surface area contributed by atoms with Gasteiger partial charge in [0, 0.05) is 23.3 Å². The molecule has 3 atom stereocenters. The van der Waals surface area contributed by atoms with Gasteiger partial charge in [-0.15, -0.1) is 0 Å². The van der Waals surface area contributed by atoms with Crippen LogP contribution in [0.25, 0.3) is 0 Å². The first-order chi connectivity index (χ1) is 6.89. The quantitative estimate of drug-likeness (QED) is 0.821. The summed E-state index contributed by atoms with van der Waals surface area (Å²) in [5, 5.41) is 0.376. The third kappa shape index (κ3) is 4.74. The van der Waals surface area contributed by atoms with Gasteiger partial charge in [0.2, 0.25) is 0 Å². The van der Waals surface area contributed by atoms with Crippen LogP contribution in [0, 0.1) is 0 Å². The summed E-state index contributed by atoms with van der Waals surface area (Å²) < 4.78 is 22.9. The fourth-order valence-electron chi connectivity index (χ4n) is 1.93. The molecule has 0 amide bonds. The minimum Gasteiger partial charge on any atom is -0.327 e. The van der Waals surface area contributed by atoms with E-state index in [1.54, 1.807) is 0 Å². The van der Waals surface area contributed by atoms with Gasteiger partial charge in [0.05, 0.1) is 5.25 Å². The second kappa shape index (κ2) is 5.55. The molecule has 1 saturated carbocycles. The first-order valence-electron chi connectivity index (χ1n) is 5.45. The van der Waals surface area contributed by atoms with E-state index in [9.17, 15) is 8.42 Å². The van der Waals surface area contributed by atoms with Gasteiger partial charge in [0.25, 0.3) is 0 Å². The summed E-state index contributed by atoms with van der Waals surface area (Å²) >= 11 is 1.84. The average molecular weight is 251 g/mol. The Hall–Kier alpha value is 0.260. The molecule has 0 aromatic heterocycles. The van der Waals surface area contributed by atoms with Crippen LogP contribution < -0.4 is 5.73 Å². The molecule has 3 unspecified atom stereocenters. The predicted molar refractivity (Wildman–Crippen MR) is 67.0 cm³/mol. The van der Waals surface area contributed by atoms with Crippen LogP contribution in [-0.4, -0.2) is 37.0 Å². The van der Waals surface area contributed by atoms with Crippen molar-refractivity contribution in [3.63, 3.8) is 0 Å². The van der Waals surface area contributed by atoms with Crippen LogP contribution in [0.4, 0.5) is 0 Å². The highest BCUT2D eigenvalue weighted by molar-refractivity contribution is 8.00. The highest BCUT2D eigenvalue weighted by Gasteiger charge is 2.28. The Kier molecular flexibility index (Phi) is 4.93. The lowest BCUT2D eigenvalue weighted by Crippen LogP contribution is -2.30. The number of thioether (sulfide) groups is 1. The Morgan fingerprint density at radius 2 is 2.13 bits per heavy atom. The summed E-state index contributed by atoms with van der Waals surface area (Å²) in [5.74, 6) is 0.932. The molecule has 0 heterocycles. The van der Waals surface area contributed by atoms with E-state index in [1.165, 1.54) is 6.26 Å². The summed E-state index contributed by atoms with van der Waals surface area (Å²) in [5.41, 5.74) is 5.69. The molecule has 0 aromatic carbocycles. The molecule has 0 saturated heterocycles. The standard InChI is InChI=1S/C10H21NO2S2/c1-8(11)7-14-9-4-3-5-10(6-9)15(2,12)13/h8-10H,3-7,11H2,1-2H3. The van der Waals surface area contributed by atoms with Crippen LogP contribution >= 0.6 is 11.8 Å². The van der Waals surface area contributed by atoms with E-state index < -0.39 is 9.84 Å². The second-order valence-electron chi connectivity index (χ2n) is 4.55. The van der Waals surface area contributed by atoms with Crippen molar-refractivity contribution in [1.29, 1.82) is 0 Å². The molecular weight excluding hydrogens is 230 g/mol. The molecular formula is C10H21NO2S2. The van der Waals surface area contributed by atoms with Crippen molar-refractivity contribution >= 4 is 21.6 Å². The average Bonchev–Trinajstić information content (AvgIpc) is 2.14. The third-order valence-electron chi connectivity index (χ3n) is 2.78. The van der Waals surface area contributed by atoms with Crippen molar-refractivity contribution in [3.05, 3.63) is 0 Å². The molecule has 0 bridgehead atoms. The van der Waals surface area contributed by atoms with Crippen molar-refractivity contribution in [2.75, 3.05) is 12.0 Å². The summed E-state index contributed by atoms with van der Waals surface area (Å²) in [6.45, 7) is 1.99. The van der Waals surface area contributed by atoms with Gasteiger partial charge in [-0.3, -0.25) is 0 Å². The SMILES string of the molecule is CC(N)CSC1CCCC(S(C)(=O)=O)C1. The lowest BCUT2D eigenvalue weighted by atomic mass is 10.00. The molecule has 15 heavy (non-hydrogen) atoms. The summed E-state index contributed by atoms with van der Waals surface area (Å²) in [7, 11) is -2.84. The molecule has 0 spiro atoms. The molecule has 0 aromatic rings. The highest BCUT2D eigenvalue weighted by atomic mass is 32.2. The zero-order chi connectivity index (χ0) is 11.5. The largest absolute Gasteiger partial charge is 0.327 e. The van der Waals surface area contributed by atoms with Gasteiger partial charge in [0.15, 0.2) is 0 Å². The summed E-state index contributed by atoms with van der Waals surface area (Å²) in [4.78, 5) is 0. The Labute approximate surface area is 97.1 Å². The third-order valence-corrected chi connectivity index (χ3v) is 6.04. The van der Waals surface area contributed by atoms with Crippen LogP contribution in [0.3, 0.4) is 0 Å². The van der Waals surface area contributed by atoms with Gasteiger partial charge < -0.3 is 5.73 Å². The lowest BCUT2D eigenvalue weighted by Gasteiger charge is -2.27. The fourth-order valence-corrected chi connectivity index (χ4v) is 4.51. The molecule has 3 nitrogen and oxygen atoms in total. The van der Waals surface area contributed by atoms with Gasteiger partial charge in [-0.25, -0.2) is 8.42 Å². The van der Waals surface area contributed by atoms with E-state index in [0.29, 0.717) is 5.25 Å². The molecule has 0 aliphatic heterocycles. The maximum Gasteiger partial charge on any atom is 0.150 e. The van der Waals surface area contributed by atoms with Gasteiger partial charge in [-0.2, -0.15) is 11.8 Å². The van der Waals surface area contributed by atoms with Gasteiger partial charge in [-0.05, 0) is 26.2 Å². The Morgan fingerprint density at radius 3 is 2.67 bits per heavy atom. The molecule has 1 aliphatic rings. The van der Waals surface area contributed by atoms with Crippen LogP contribution in [0.2, 0.25) is 0 Å². The first-order valence-corrected chi connectivity index (χ1v) is 8.46. The summed E-state index contributed by atoms with van der Waals surface area (Å²) in [6.07, 6.45) is 5.19.